The Labute approximate surface area is 207 Å². The van der Waals surface area contributed by atoms with Gasteiger partial charge in [0.25, 0.3) is 21.8 Å². The Bertz CT molecular complexity index is 1460. The number of carbonyl (C=O) groups excluding carboxylic acids is 2. The third-order valence-corrected chi connectivity index (χ3v) is 7.30. The molecular weight excluding hydrogens is 494 g/mol. The van der Waals surface area contributed by atoms with Crippen molar-refractivity contribution in [2.75, 3.05) is 16.7 Å². The lowest BCUT2D eigenvalue weighted by Crippen LogP contribution is -2.37. The zero-order valence-corrected chi connectivity index (χ0v) is 20.9. The van der Waals surface area contributed by atoms with Crippen LogP contribution in [0.2, 0.25) is 5.02 Å². The first kappa shape index (κ1) is 24.5. The molecule has 0 spiro atoms. The van der Waals surface area contributed by atoms with Gasteiger partial charge in [-0.3, -0.25) is 19.5 Å². The first-order valence-corrected chi connectivity index (χ1v) is 12.4. The van der Waals surface area contributed by atoms with E-state index in [-0.39, 0.29) is 43.7 Å². The number of benzene rings is 2. The number of hydrogen-bond donors (Lipinski definition) is 2. The summed E-state index contributed by atoms with van der Waals surface area (Å²) in [6.45, 7) is 6.04. The van der Waals surface area contributed by atoms with Crippen molar-refractivity contribution in [3.05, 3.63) is 76.4 Å². The molecule has 0 radical (unpaired) electrons. The minimum Gasteiger partial charge on any atom is -0.443 e. The van der Waals surface area contributed by atoms with Gasteiger partial charge < -0.3 is 4.74 Å². The van der Waals surface area contributed by atoms with Gasteiger partial charge in [0.2, 0.25) is 6.20 Å². The van der Waals surface area contributed by atoms with Crippen LogP contribution in [0.5, 0.6) is 5.88 Å². The Hall–Kier alpha value is -3.63. The molecule has 182 valence electrons. The van der Waals surface area contributed by atoms with Crippen molar-refractivity contribution in [1.82, 2.24) is 0 Å². The Morgan fingerprint density at radius 3 is 2.23 bits per heavy atom. The molecule has 2 N–H and O–H groups in total. The molecule has 2 amide bonds. The van der Waals surface area contributed by atoms with E-state index in [1.807, 2.05) is 20.8 Å². The number of halogens is 1. The Balaban J connectivity index is 1.77. The molecule has 35 heavy (non-hydrogen) atoms. The Morgan fingerprint density at radius 1 is 1.00 bits per heavy atom. The number of ether oxygens (including phenoxy) is 1. The summed E-state index contributed by atoms with van der Waals surface area (Å²) in [6, 6.07) is 11.9. The van der Waals surface area contributed by atoms with Gasteiger partial charge in [0.1, 0.15) is 0 Å². The van der Waals surface area contributed by atoms with Gasteiger partial charge in [-0.25, -0.2) is 13.3 Å². The van der Waals surface area contributed by atoms with Crippen LogP contribution in [-0.2, 0) is 15.4 Å². The van der Waals surface area contributed by atoms with Crippen LogP contribution in [0.15, 0.2) is 59.6 Å². The summed E-state index contributed by atoms with van der Waals surface area (Å²) in [5.41, 5.74) is 0.304. The molecule has 11 heteroatoms. The van der Waals surface area contributed by atoms with Gasteiger partial charge in [-0.15, -0.1) is 0 Å². The highest BCUT2D eigenvalue weighted by atomic mass is 35.5. The van der Waals surface area contributed by atoms with Gasteiger partial charge in [0, 0.05) is 10.8 Å². The van der Waals surface area contributed by atoms with E-state index >= 15 is 0 Å². The number of anilines is 2. The normalized spacial score (nSPS) is 13.7. The number of pyridine rings is 1. The quantitative estimate of drug-likeness (QED) is 0.303. The molecule has 9 nitrogen and oxygen atoms in total. The zero-order chi connectivity index (χ0) is 25.7. The van der Waals surface area contributed by atoms with Crippen LogP contribution in [0, 0.1) is 0 Å². The third kappa shape index (κ3) is 4.19. The molecule has 1 aliphatic rings. The SMILES string of the molecule is COc1c(N2C(=O)c3c(Cl)ccc(NS(=O)(=O)c4ccc(C(C)(C)C)cc4)c3C2=O)ccc[n+]1O. The predicted octanol–water partition coefficient (Wildman–Crippen LogP) is 3.77. The molecule has 0 saturated heterocycles. The number of imide groups is 1. The van der Waals surface area contributed by atoms with Gasteiger partial charge >= 0.3 is 5.88 Å². The van der Waals surface area contributed by atoms with Crippen LogP contribution < -0.4 is 19.1 Å². The minimum absolute atomic E-state index is 0.00567. The van der Waals surface area contributed by atoms with E-state index in [0.717, 1.165) is 10.5 Å². The molecular formula is C24H23ClN3O6S+. The minimum atomic E-state index is -4.10. The maximum atomic E-state index is 13.4. The average Bonchev–Trinajstić information content (AvgIpc) is 3.06. The molecule has 2 aromatic carbocycles. The first-order valence-electron chi connectivity index (χ1n) is 10.5. The molecule has 1 aromatic heterocycles. The molecule has 4 rings (SSSR count). The number of nitrogens with one attached hydrogen (secondary N) is 1. The van der Waals surface area contributed by atoms with Crippen LogP contribution in [0.4, 0.5) is 11.4 Å². The maximum Gasteiger partial charge on any atom is 0.441 e. The van der Waals surface area contributed by atoms with Gasteiger partial charge in [-0.1, -0.05) is 44.5 Å². The van der Waals surface area contributed by atoms with Gasteiger partial charge in [0.05, 0.1) is 33.8 Å². The van der Waals surface area contributed by atoms with Crippen molar-refractivity contribution in [2.24, 2.45) is 0 Å². The van der Waals surface area contributed by atoms with Crippen LogP contribution in [0.3, 0.4) is 0 Å². The number of hydrogen-bond acceptors (Lipinski definition) is 6. The van der Waals surface area contributed by atoms with Crippen LogP contribution in [0.25, 0.3) is 0 Å². The molecule has 2 heterocycles. The number of sulfonamides is 1. The lowest BCUT2D eigenvalue weighted by molar-refractivity contribution is -0.905. The highest BCUT2D eigenvalue weighted by molar-refractivity contribution is 7.92. The second kappa shape index (κ2) is 8.54. The lowest BCUT2D eigenvalue weighted by Gasteiger charge is -2.19. The van der Waals surface area contributed by atoms with Crippen molar-refractivity contribution in [1.29, 1.82) is 0 Å². The van der Waals surface area contributed by atoms with Crippen LogP contribution in [0.1, 0.15) is 47.1 Å². The molecule has 0 aliphatic carbocycles. The summed E-state index contributed by atoms with van der Waals surface area (Å²) in [5.74, 6) is -1.77. The molecule has 0 saturated carbocycles. The number of aromatic nitrogens is 1. The molecule has 0 bridgehead atoms. The fourth-order valence-electron chi connectivity index (χ4n) is 3.81. The number of fused-ring (bicyclic) bond motifs is 1. The average molecular weight is 517 g/mol. The number of carbonyl (C=O) groups is 2. The van der Waals surface area contributed by atoms with Crippen LogP contribution >= 0.6 is 11.6 Å². The second-order valence-electron chi connectivity index (χ2n) is 8.92. The van der Waals surface area contributed by atoms with E-state index in [0.29, 0.717) is 4.73 Å². The van der Waals surface area contributed by atoms with Crippen molar-refractivity contribution in [2.45, 2.75) is 31.1 Å². The summed E-state index contributed by atoms with van der Waals surface area (Å²) >= 11 is 6.25. The Morgan fingerprint density at radius 2 is 1.63 bits per heavy atom. The van der Waals surface area contributed by atoms with E-state index in [1.54, 1.807) is 12.1 Å². The van der Waals surface area contributed by atoms with Gasteiger partial charge in [-0.05, 0) is 41.3 Å². The monoisotopic (exact) mass is 516 g/mol. The van der Waals surface area contributed by atoms with E-state index in [1.165, 1.54) is 49.7 Å². The summed E-state index contributed by atoms with van der Waals surface area (Å²) in [7, 11) is -2.83. The summed E-state index contributed by atoms with van der Waals surface area (Å²) in [4.78, 5) is 27.4. The predicted molar refractivity (Wildman–Crippen MR) is 129 cm³/mol. The standard InChI is InChI=1S/C24H22ClN3O6S/c1-24(2,3)14-7-9-15(10-8-14)35(32,33)26-17-12-11-16(25)19-20(17)22(30)28(21(19)29)18-6-5-13-27(31)23(18)34-4/h5-13H,1-4H3,(H-,26,30,31)/p+1. The van der Waals surface area contributed by atoms with Gasteiger partial charge in [0.15, 0.2) is 5.69 Å². The van der Waals surface area contributed by atoms with E-state index < -0.39 is 21.8 Å². The summed E-state index contributed by atoms with van der Waals surface area (Å²) < 4.78 is 34.4. The van der Waals surface area contributed by atoms with E-state index in [9.17, 15) is 23.2 Å². The van der Waals surface area contributed by atoms with Crippen molar-refractivity contribution >= 4 is 44.8 Å². The molecule has 0 unspecified atom stereocenters. The fourth-order valence-corrected chi connectivity index (χ4v) is 5.12. The number of nitrogens with zero attached hydrogens (tertiary/aromatic N) is 2. The lowest BCUT2D eigenvalue weighted by atomic mass is 9.87. The topological polar surface area (TPSA) is 117 Å². The largest absolute Gasteiger partial charge is 0.443 e. The Kier molecular flexibility index (Phi) is 5.98. The van der Waals surface area contributed by atoms with E-state index in [4.69, 9.17) is 16.3 Å². The van der Waals surface area contributed by atoms with Crippen molar-refractivity contribution in [3.8, 4) is 5.88 Å². The number of methoxy groups -OCH3 is 1. The molecule has 1 aliphatic heterocycles. The molecule has 0 atom stereocenters. The molecule has 0 fully saturated rings. The summed E-state index contributed by atoms with van der Waals surface area (Å²) in [5, 5.41) is 10.0. The fraction of sp³-hybridized carbons (Fsp3) is 0.208. The van der Waals surface area contributed by atoms with Crippen molar-refractivity contribution in [3.63, 3.8) is 0 Å². The number of amides is 2. The highest BCUT2D eigenvalue weighted by Gasteiger charge is 2.44. The zero-order valence-electron chi connectivity index (χ0n) is 19.4. The van der Waals surface area contributed by atoms with Crippen molar-refractivity contribution < 1.29 is 32.7 Å². The van der Waals surface area contributed by atoms with E-state index in [2.05, 4.69) is 4.72 Å². The summed E-state index contributed by atoms with van der Waals surface area (Å²) in [6.07, 6.45) is 1.26. The molecule has 3 aromatic rings. The van der Waals surface area contributed by atoms with Gasteiger partial charge in [-0.2, -0.15) is 0 Å². The first-order chi connectivity index (χ1) is 16.4. The third-order valence-electron chi connectivity index (χ3n) is 5.61. The maximum absolute atomic E-state index is 13.4. The second-order valence-corrected chi connectivity index (χ2v) is 11.0. The van der Waals surface area contributed by atoms with Crippen LogP contribution in [-0.4, -0.2) is 32.5 Å². The smallest absolute Gasteiger partial charge is 0.441 e. The number of rotatable bonds is 5. The highest BCUT2D eigenvalue weighted by Crippen LogP contribution is 2.39.